The van der Waals surface area contributed by atoms with Crippen LogP contribution in [0.1, 0.15) is 10.4 Å². The van der Waals surface area contributed by atoms with E-state index in [2.05, 4.69) is 53.1 Å². The third-order valence-electron chi connectivity index (χ3n) is 2.38. The Labute approximate surface area is 135 Å². The number of phenols is 1. The molecule has 0 aliphatic heterocycles. The van der Waals surface area contributed by atoms with E-state index in [0.29, 0.717) is 5.69 Å². The molecule has 0 radical (unpaired) electrons. The standard InChI is InChI=1S/C13H8Br3NO2/c14-7-1-4-12(18)9(5-7)13(19)17-8-2-3-10(15)11(16)6-8/h1-6,18H,(H,17,19). The molecule has 0 spiro atoms. The molecule has 0 aromatic heterocycles. The lowest BCUT2D eigenvalue weighted by Crippen LogP contribution is -2.12. The maximum atomic E-state index is 12.1. The number of hydrogen-bond acceptors (Lipinski definition) is 2. The summed E-state index contributed by atoms with van der Waals surface area (Å²) in [5.74, 6) is -0.426. The molecule has 2 rings (SSSR count). The molecule has 2 aromatic carbocycles. The van der Waals surface area contributed by atoms with E-state index in [-0.39, 0.29) is 17.2 Å². The van der Waals surface area contributed by atoms with Crippen LogP contribution in [0.2, 0.25) is 0 Å². The van der Waals surface area contributed by atoms with Crippen LogP contribution in [0.3, 0.4) is 0 Å². The minimum absolute atomic E-state index is 0.0584. The van der Waals surface area contributed by atoms with Crippen molar-refractivity contribution in [2.24, 2.45) is 0 Å². The van der Waals surface area contributed by atoms with Crippen LogP contribution in [0.15, 0.2) is 49.8 Å². The maximum Gasteiger partial charge on any atom is 0.259 e. The summed E-state index contributed by atoms with van der Waals surface area (Å²) < 4.78 is 2.46. The number of phenolic OH excluding ortho intramolecular Hbond substituents is 1. The van der Waals surface area contributed by atoms with Crippen molar-refractivity contribution in [1.82, 2.24) is 0 Å². The minimum Gasteiger partial charge on any atom is -0.507 e. The smallest absolute Gasteiger partial charge is 0.259 e. The Balaban J connectivity index is 2.25. The van der Waals surface area contributed by atoms with E-state index in [1.165, 1.54) is 6.07 Å². The largest absolute Gasteiger partial charge is 0.507 e. The molecule has 0 atom stereocenters. The molecule has 0 aliphatic rings. The Morgan fingerprint density at radius 3 is 2.42 bits per heavy atom. The second kappa shape index (κ2) is 6.07. The Morgan fingerprint density at radius 1 is 1.00 bits per heavy atom. The van der Waals surface area contributed by atoms with Gasteiger partial charge in [-0.15, -0.1) is 0 Å². The first kappa shape index (κ1) is 14.6. The first-order valence-electron chi connectivity index (χ1n) is 5.22. The van der Waals surface area contributed by atoms with Gasteiger partial charge in [-0.3, -0.25) is 4.79 Å². The molecule has 0 fully saturated rings. The zero-order valence-electron chi connectivity index (χ0n) is 9.45. The SMILES string of the molecule is O=C(Nc1ccc(Br)c(Br)c1)c1cc(Br)ccc1O. The average molecular weight is 450 g/mol. The lowest BCUT2D eigenvalue weighted by molar-refractivity contribution is 0.102. The summed E-state index contributed by atoms with van der Waals surface area (Å²) in [6.07, 6.45) is 0. The highest BCUT2D eigenvalue weighted by atomic mass is 79.9. The molecule has 0 heterocycles. The molecule has 2 N–H and O–H groups in total. The van der Waals surface area contributed by atoms with Gasteiger partial charge in [-0.2, -0.15) is 0 Å². The van der Waals surface area contributed by atoms with Gasteiger partial charge in [-0.25, -0.2) is 0 Å². The molecule has 0 unspecified atom stereocenters. The fraction of sp³-hybridized carbons (Fsp3) is 0. The molecule has 0 bridgehead atoms. The van der Waals surface area contributed by atoms with Gasteiger partial charge in [0.05, 0.1) is 5.56 Å². The highest BCUT2D eigenvalue weighted by molar-refractivity contribution is 9.13. The van der Waals surface area contributed by atoms with Crippen LogP contribution in [0.5, 0.6) is 5.75 Å². The van der Waals surface area contributed by atoms with Crippen molar-refractivity contribution in [1.29, 1.82) is 0 Å². The zero-order chi connectivity index (χ0) is 14.0. The van der Waals surface area contributed by atoms with Crippen LogP contribution in [-0.4, -0.2) is 11.0 Å². The molecule has 2 aromatic rings. The van der Waals surface area contributed by atoms with E-state index in [9.17, 15) is 9.90 Å². The van der Waals surface area contributed by atoms with Gasteiger partial charge in [-0.05, 0) is 68.3 Å². The Bertz CT molecular complexity index is 644. The number of rotatable bonds is 2. The first-order valence-corrected chi connectivity index (χ1v) is 7.60. The van der Waals surface area contributed by atoms with E-state index in [1.54, 1.807) is 24.3 Å². The summed E-state index contributed by atoms with van der Waals surface area (Å²) in [6.45, 7) is 0. The molecular formula is C13H8Br3NO2. The summed E-state index contributed by atoms with van der Waals surface area (Å²) in [4.78, 5) is 12.1. The predicted octanol–water partition coefficient (Wildman–Crippen LogP) is 4.93. The molecule has 1 amide bonds. The van der Waals surface area contributed by atoms with E-state index in [1.807, 2.05) is 6.07 Å². The summed E-state index contributed by atoms with van der Waals surface area (Å²) in [6, 6.07) is 10.1. The number of carbonyl (C=O) groups excluding carboxylic acids is 1. The fourth-order valence-electron chi connectivity index (χ4n) is 1.46. The Hall–Kier alpha value is -0.850. The number of benzene rings is 2. The van der Waals surface area contributed by atoms with Gasteiger partial charge >= 0.3 is 0 Å². The fourth-order valence-corrected chi connectivity index (χ4v) is 2.45. The summed E-state index contributed by atoms with van der Waals surface area (Å²) in [5, 5.41) is 12.4. The zero-order valence-corrected chi connectivity index (χ0v) is 14.2. The number of aromatic hydroxyl groups is 1. The van der Waals surface area contributed by atoms with E-state index < -0.39 is 0 Å². The minimum atomic E-state index is -0.368. The number of nitrogens with one attached hydrogen (secondary N) is 1. The third kappa shape index (κ3) is 3.58. The monoisotopic (exact) mass is 447 g/mol. The van der Waals surface area contributed by atoms with Gasteiger partial charge in [0.25, 0.3) is 5.91 Å². The first-order chi connectivity index (χ1) is 8.97. The molecule has 19 heavy (non-hydrogen) atoms. The quantitative estimate of drug-likeness (QED) is 0.682. The maximum absolute atomic E-state index is 12.1. The number of carbonyl (C=O) groups is 1. The van der Waals surface area contributed by atoms with Crippen molar-refractivity contribution in [3.8, 4) is 5.75 Å². The number of hydrogen-bond donors (Lipinski definition) is 2. The van der Waals surface area contributed by atoms with Gasteiger partial charge in [0.15, 0.2) is 0 Å². The Kier molecular flexibility index (Phi) is 4.65. The van der Waals surface area contributed by atoms with E-state index >= 15 is 0 Å². The van der Waals surface area contributed by atoms with Gasteiger partial charge in [0, 0.05) is 19.1 Å². The summed E-state index contributed by atoms with van der Waals surface area (Å²) >= 11 is 9.99. The highest BCUT2D eigenvalue weighted by Crippen LogP contribution is 2.27. The van der Waals surface area contributed by atoms with Crippen LogP contribution >= 0.6 is 47.8 Å². The van der Waals surface area contributed by atoms with Gasteiger partial charge in [-0.1, -0.05) is 15.9 Å². The molecule has 98 valence electrons. The van der Waals surface area contributed by atoms with E-state index in [0.717, 1.165) is 13.4 Å². The molecular weight excluding hydrogens is 442 g/mol. The highest BCUT2D eigenvalue weighted by Gasteiger charge is 2.12. The normalized spacial score (nSPS) is 10.3. The second-order valence-corrected chi connectivity index (χ2v) is 6.37. The number of amides is 1. The van der Waals surface area contributed by atoms with Crippen molar-refractivity contribution in [2.45, 2.75) is 0 Å². The van der Waals surface area contributed by atoms with Crippen molar-refractivity contribution >= 4 is 59.4 Å². The summed E-state index contributed by atoms with van der Waals surface area (Å²) in [7, 11) is 0. The lowest BCUT2D eigenvalue weighted by atomic mass is 10.2. The molecule has 3 nitrogen and oxygen atoms in total. The van der Waals surface area contributed by atoms with Crippen LogP contribution < -0.4 is 5.32 Å². The summed E-state index contributed by atoms with van der Waals surface area (Å²) in [5.41, 5.74) is 0.855. The Morgan fingerprint density at radius 2 is 1.74 bits per heavy atom. The van der Waals surface area contributed by atoms with Crippen molar-refractivity contribution in [3.05, 3.63) is 55.4 Å². The van der Waals surface area contributed by atoms with Gasteiger partial charge in [0.2, 0.25) is 0 Å². The van der Waals surface area contributed by atoms with Gasteiger partial charge < -0.3 is 10.4 Å². The van der Waals surface area contributed by atoms with Crippen molar-refractivity contribution < 1.29 is 9.90 Å². The lowest BCUT2D eigenvalue weighted by Gasteiger charge is -2.08. The molecule has 0 saturated heterocycles. The predicted molar refractivity (Wildman–Crippen MR) is 85.6 cm³/mol. The topological polar surface area (TPSA) is 49.3 Å². The van der Waals surface area contributed by atoms with E-state index in [4.69, 9.17) is 0 Å². The van der Waals surface area contributed by atoms with Crippen LogP contribution in [0, 0.1) is 0 Å². The molecule has 6 heteroatoms. The van der Waals surface area contributed by atoms with Crippen molar-refractivity contribution in [3.63, 3.8) is 0 Å². The number of halogens is 3. The van der Waals surface area contributed by atoms with Gasteiger partial charge in [0.1, 0.15) is 5.75 Å². The van der Waals surface area contributed by atoms with Crippen LogP contribution in [0.25, 0.3) is 0 Å². The van der Waals surface area contributed by atoms with Crippen LogP contribution in [-0.2, 0) is 0 Å². The average Bonchev–Trinajstić information content (AvgIpc) is 2.36. The number of anilines is 1. The molecule has 0 aliphatic carbocycles. The molecule has 0 saturated carbocycles. The second-order valence-electron chi connectivity index (χ2n) is 3.74. The van der Waals surface area contributed by atoms with Crippen LogP contribution in [0.4, 0.5) is 5.69 Å². The van der Waals surface area contributed by atoms with Crippen molar-refractivity contribution in [2.75, 3.05) is 5.32 Å². The third-order valence-corrected chi connectivity index (χ3v) is 4.75.